The first-order valence-electron chi connectivity index (χ1n) is 6.46. The van der Waals surface area contributed by atoms with Gasteiger partial charge < -0.3 is 10.2 Å². The Morgan fingerprint density at radius 1 is 1.00 bits per heavy atom. The summed E-state index contributed by atoms with van der Waals surface area (Å²) in [5, 5.41) is 3.52. The van der Waals surface area contributed by atoms with E-state index in [0.29, 0.717) is 0 Å². The van der Waals surface area contributed by atoms with Crippen LogP contribution in [0.3, 0.4) is 0 Å². The standard InChI is InChI=1S/C16H18Br2N2/c1-11(15-9-4-12(17)10-16(15)18)19-13-5-7-14(8-6-13)20(2)3/h4-11,19H,1-3H3. The summed E-state index contributed by atoms with van der Waals surface area (Å²) >= 11 is 7.09. The van der Waals surface area contributed by atoms with Crippen molar-refractivity contribution in [3.05, 3.63) is 57.0 Å². The molecule has 2 aromatic carbocycles. The van der Waals surface area contributed by atoms with Gasteiger partial charge in [0.25, 0.3) is 0 Å². The molecule has 106 valence electrons. The average Bonchev–Trinajstić information content (AvgIpc) is 2.39. The third kappa shape index (κ3) is 3.76. The van der Waals surface area contributed by atoms with Gasteiger partial charge in [-0.3, -0.25) is 0 Å². The smallest absolute Gasteiger partial charge is 0.0496 e. The average molecular weight is 398 g/mol. The predicted octanol–water partition coefficient (Wildman–Crippen LogP) is 5.45. The van der Waals surface area contributed by atoms with Gasteiger partial charge in [0.05, 0.1) is 0 Å². The molecular formula is C16H18Br2N2. The summed E-state index contributed by atoms with van der Waals surface area (Å²) in [6.45, 7) is 2.16. The van der Waals surface area contributed by atoms with E-state index in [9.17, 15) is 0 Å². The van der Waals surface area contributed by atoms with Gasteiger partial charge in [-0.25, -0.2) is 0 Å². The maximum atomic E-state index is 3.62. The Morgan fingerprint density at radius 2 is 1.65 bits per heavy atom. The minimum atomic E-state index is 0.239. The quantitative estimate of drug-likeness (QED) is 0.737. The molecular weight excluding hydrogens is 380 g/mol. The van der Waals surface area contributed by atoms with Crippen molar-refractivity contribution in [3.8, 4) is 0 Å². The molecule has 1 unspecified atom stereocenters. The molecule has 0 radical (unpaired) electrons. The lowest BCUT2D eigenvalue weighted by Gasteiger charge is -2.18. The number of hydrogen-bond acceptors (Lipinski definition) is 2. The highest BCUT2D eigenvalue weighted by molar-refractivity contribution is 9.11. The summed E-state index contributed by atoms with van der Waals surface area (Å²) < 4.78 is 2.19. The number of benzene rings is 2. The van der Waals surface area contributed by atoms with Gasteiger partial charge in [-0.1, -0.05) is 37.9 Å². The summed E-state index contributed by atoms with van der Waals surface area (Å²) in [5.41, 5.74) is 3.57. The van der Waals surface area contributed by atoms with E-state index in [-0.39, 0.29) is 6.04 Å². The van der Waals surface area contributed by atoms with E-state index in [2.05, 4.69) is 91.5 Å². The molecule has 1 atom stereocenters. The van der Waals surface area contributed by atoms with Crippen molar-refractivity contribution in [2.75, 3.05) is 24.3 Å². The molecule has 2 rings (SSSR count). The Balaban J connectivity index is 2.12. The Bertz CT molecular complexity index is 580. The number of halogens is 2. The number of hydrogen-bond donors (Lipinski definition) is 1. The topological polar surface area (TPSA) is 15.3 Å². The molecule has 20 heavy (non-hydrogen) atoms. The van der Waals surface area contributed by atoms with Gasteiger partial charge in [0.2, 0.25) is 0 Å². The number of nitrogens with zero attached hydrogens (tertiary/aromatic N) is 1. The van der Waals surface area contributed by atoms with Crippen LogP contribution in [0.2, 0.25) is 0 Å². The maximum absolute atomic E-state index is 3.62. The molecule has 0 aromatic heterocycles. The highest BCUT2D eigenvalue weighted by Gasteiger charge is 2.09. The van der Waals surface area contributed by atoms with Crippen LogP contribution in [0.4, 0.5) is 11.4 Å². The molecule has 2 aromatic rings. The van der Waals surface area contributed by atoms with E-state index in [1.165, 1.54) is 11.3 Å². The molecule has 4 heteroatoms. The Morgan fingerprint density at radius 3 is 2.20 bits per heavy atom. The zero-order chi connectivity index (χ0) is 14.7. The SMILES string of the molecule is CC(Nc1ccc(N(C)C)cc1)c1ccc(Br)cc1Br. The van der Waals surface area contributed by atoms with Gasteiger partial charge in [0, 0.05) is 40.5 Å². The molecule has 0 bridgehead atoms. The van der Waals surface area contributed by atoms with Crippen LogP contribution in [0.25, 0.3) is 0 Å². The summed E-state index contributed by atoms with van der Waals surface area (Å²) in [5.74, 6) is 0. The van der Waals surface area contributed by atoms with Crippen LogP contribution in [0.5, 0.6) is 0 Å². The monoisotopic (exact) mass is 396 g/mol. The zero-order valence-electron chi connectivity index (χ0n) is 11.8. The molecule has 0 spiro atoms. The van der Waals surface area contributed by atoms with E-state index >= 15 is 0 Å². The zero-order valence-corrected chi connectivity index (χ0v) is 15.0. The third-order valence-corrected chi connectivity index (χ3v) is 4.38. The Labute approximate surface area is 137 Å². The molecule has 0 saturated carbocycles. The molecule has 0 aliphatic rings. The second-order valence-electron chi connectivity index (χ2n) is 4.97. The highest BCUT2D eigenvalue weighted by Crippen LogP contribution is 2.29. The van der Waals surface area contributed by atoms with Crippen molar-refractivity contribution in [2.45, 2.75) is 13.0 Å². The van der Waals surface area contributed by atoms with Gasteiger partial charge in [-0.15, -0.1) is 0 Å². The summed E-state index contributed by atoms with van der Waals surface area (Å²) in [7, 11) is 4.09. The number of rotatable bonds is 4. The van der Waals surface area contributed by atoms with Crippen molar-refractivity contribution in [1.29, 1.82) is 0 Å². The van der Waals surface area contributed by atoms with Crippen LogP contribution in [-0.2, 0) is 0 Å². The lowest BCUT2D eigenvalue weighted by atomic mass is 10.1. The second kappa shape index (κ2) is 6.64. The lowest BCUT2D eigenvalue weighted by molar-refractivity contribution is 0.878. The normalized spacial score (nSPS) is 12.1. The molecule has 0 saturated heterocycles. The van der Waals surface area contributed by atoms with E-state index in [1.807, 2.05) is 14.1 Å². The van der Waals surface area contributed by atoms with Crippen molar-refractivity contribution >= 4 is 43.2 Å². The van der Waals surface area contributed by atoms with Gasteiger partial charge in [0.15, 0.2) is 0 Å². The minimum absolute atomic E-state index is 0.239. The van der Waals surface area contributed by atoms with Crippen LogP contribution in [0.1, 0.15) is 18.5 Å². The van der Waals surface area contributed by atoms with E-state index in [4.69, 9.17) is 0 Å². The molecule has 0 aliphatic heterocycles. The first kappa shape index (κ1) is 15.4. The fraction of sp³-hybridized carbons (Fsp3) is 0.250. The summed E-state index contributed by atoms with van der Waals surface area (Å²) in [6.07, 6.45) is 0. The Kier molecular flexibility index (Phi) is 5.11. The van der Waals surface area contributed by atoms with Gasteiger partial charge in [-0.05, 0) is 48.9 Å². The van der Waals surface area contributed by atoms with Crippen LogP contribution < -0.4 is 10.2 Å². The van der Waals surface area contributed by atoms with Crippen LogP contribution in [-0.4, -0.2) is 14.1 Å². The predicted molar refractivity (Wildman–Crippen MR) is 94.6 cm³/mol. The maximum Gasteiger partial charge on any atom is 0.0496 e. The number of nitrogens with one attached hydrogen (secondary N) is 1. The molecule has 0 heterocycles. The summed E-state index contributed by atoms with van der Waals surface area (Å²) in [4.78, 5) is 2.10. The minimum Gasteiger partial charge on any atom is -0.378 e. The highest BCUT2D eigenvalue weighted by atomic mass is 79.9. The van der Waals surface area contributed by atoms with Crippen molar-refractivity contribution in [2.24, 2.45) is 0 Å². The van der Waals surface area contributed by atoms with E-state index in [0.717, 1.165) is 14.6 Å². The van der Waals surface area contributed by atoms with Gasteiger partial charge in [0.1, 0.15) is 0 Å². The summed E-state index contributed by atoms with van der Waals surface area (Å²) in [6, 6.07) is 15.0. The van der Waals surface area contributed by atoms with Crippen molar-refractivity contribution in [3.63, 3.8) is 0 Å². The van der Waals surface area contributed by atoms with Gasteiger partial charge >= 0.3 is 0 Å². The fourth-order valence-corrected chi connectivity index (χ4v) is 3.43. The third-order valence-electron chi connectivity index (χ3n) is 3.20. The molecule has 0 amide bonds. The lowest BCUT2D eigenvalue weighted by Crippen LogP contribution is -2.09. The van der Waals surface area contributed by atoms with E-state index < -0.39 is 0 Å². The van der Waals surface area contributed by atoms with Crippen LogP contribution >= 0.6 is 31.9 Å². The molecule has 1 N–H and O–H groups in total. The molecule has 2 nitrogen and oxygen atoms in total. The number of anilines is 2. The molecule has 0 fully saturated rings. The fourth-order valence-electron chi connectivity index (χ4n) is 2.04. The van der Waals surface area contributed by atoms with Crippen LogP contribution in [0, 0.1) is 0 Å². The van der Waals surface area contributed by atoms with Crippen LogP contribution in [0.15, 0.2) is 51.4 Å². The van der Waals surface area contributed by atoms with Gasteiger partial charge in [-0.2, -0.15) is 0 Å². The van der Waals surface area contributed by atoms with Crippen molar-refractivity contribution < 1.29 is 0 Å². The van der Waals surface area contributed by atoms with Crippen molar-refractivity contribution in [1.82, 2.24) is 0 Å². The first-order valence-corrected chi connectivity index (χ1v) is 8.05. The Hall–Kier alpha value is -1.000. The first-order chi connectivity index (χ1) is 9.47. The largest absolute Gasteiger partial charge is 0.378 e. The van der Waals surface area contributed by atoms with E-state index in [1.54, 1.807) is 0 Å². The molecule has 0 aliphatic carbocycles. The second-order valence-corrected chi connectivity index (χ2v) is 6.74.